The second-order valence-corrected chi connectivity index (χ2v) is 7.83. The number of nitrogens with one attached hydrogen (secondary N) is 1. The maximum atomic E-state index is 13.1. The molecule has 0 spiro atoms. The van der Waals surface area contributed by atoms with Crippen molar-refractivity contribution in [3.05, 3.63) is 89.0 Å². The van der Waals surface area contributed by atoms with Gasteiger partial charge in [0.05, 0.1) is 25.5 Å². The lowest BCUT2D eigenvalue weighted by atomic mass is 10.1. The van der Waals surface area contributed by atoms with Crippen molar-refractivity contribution in [2.24, 2.45) is 0 Å². The summed E-state index contributed by atoms with van der Waals surface area (Å²) in [5, 5.41) is 2.17. The van der Waals surface area contributed by atoms with Crippen LogP contribution >= 0.6 is 0 Å². The third-order valence-electron chi connectivity index (χ3n) is 5.37. The predicted octanol–water partition coefficient (Wildman–Crippen LogP) is 3.90. The molecule has 4 rings (SSSR count). The smallest absolute Gasteiger partial charge is 0.343 e. The normalized spacial score (nSPS) is 14.5. The molecule has 1 N–H and O–H groups in total. The maximum absolute atomic E-state index is 13.1. The van der Waals surface area contributed by atoms with E-state index in [1.165, 1.54) is 38.5 Å². The third-order valence-corrected chi connectivity index (χ3v) is 5.37. The van der Waals surface area contributed by atoms with E-state index in [4.69, 9.17) is 14.2 Å². The van der Waals surface area contributed by atoms with Gasteiger partial charge in [-0.2, -0.15) is 0 Å². The van der Waals surface area contributed by atoms with E-state index in [0.717, 1.165) is 10.5 Å². The van der Waals surface area contributed by atoms with Crippen molar-refractivity contribution in [3.8, 4) is 17.2 Å². The number of ether oxygens (including phenoxy) is 3. The van der Waals surface area contributed by atoms with Crippen LogP contribution in [0.5, 0.6) is 17.2 Å². The van der Waals surface area contributed by atoms with E-state index >= 15 is 0 Å². The highest BCUT2D eigenvalue weighted by Crippen LogP contribution is 2.31. The largest absolute Gasteiger partial charge is 0.497 e. The second kappa shape index (κ2) is 10.1. The number of carbonyl (C=O) groups excluding carboxylic acids is 4. The van der Waals surface area contributed by atoms with Crippen molar-refractivity contribution in [1.82, 2.24) is 5.32 Å². The minimum Gasteiger partial charge on any atom is -0.497 e. The van der Waals surface area contributed by atoms with E-state index in [1.807, 2.05) is 13.0 Å². The van der Waals surface area contributed by atoms with Gasteiger partial charge in [-0.1, -0.05) is 29.8 Å². The van der Waals surface area contributed by atoms with E-state index in [2.05, 4.69) is 5.32 Å². The number of rotatable bonds is 6. The minimum absolute atomic E-state index is 0.166. The molecule has 1 heterocycles. The van der Waals surface area contributed by atoms with Crippen LogP contribution in [0.25, 0.3) is 6.08 Å². The van der Waals surface area contributed by atoms with Gasteiger partial charge in [-0.3, -0.25) is 14.9 Å². The highest BCUT2D eigenvalue weighted by Gasteiger charge is 2.37. The summed E-state index contributed by atoms with van der Waals surface area (Å²) in [6, 6.07) is 17.0. The quantitative estimate of drug-likeness (QED) is 0.243. The molecule has 0 aliphatic carbocycles. The van der Waals surface area contributed by atoms with E-state index < -0.39 is 23.8 Å². The van der Waals surface area contributed by atoms with Crippen molar-refractivity contribution in [3.63, 3.8) is 0 Å². The zero-order valence-corrected chi connectivity index (χ0v) is 19.7. The lowest BCUT2D eigenvalue weighted by Crippen LogP contribution is -2.54. The first-order valence-corrected chi connectivity index (χ1v) is 10.8. The second-order valence-electron chi connectivity index (χ2n) is 7.83. The van der Waals surface area contributed by atoms with E-state index in [-0.39, 0.29) is 22.8 Å². The lowest BCUT2D eigenvalue weighted by Gasteiger charge is -2.26. The molecule has 4 amide bonds. The van der Waals surface area contributed by atoms with Crippen molar-refractivity contribution in [1.29, 1.82) is 0 Å². The Kier molecular flexibility index (Phi) is 6.82. The number of amides is 4. The third kappa shape index (κ3) is 4.95. The molecule has 0 unspecified atom stereocenters. The summed E-state index contributed by atoms with van der Waals surface area (Å²) < 4.78 is 16.0. The molecule has 3 aromatic rings. The van der Waals surface area contributed by atoms with E-state index in [0.29, 0.717) is 16.9 Å². The number of hydrogen-bond donors (Lipinski definition) is 1. The van der Waals surface area contributed by atoms with Crippen molar-refractivity contribution >= 4 is 35.6 Å². The zero-order valence-electron chi connectivity index (χ0n) is 19.7. The molecular formula is C27H22N2O7. The molecule has 182 valence electrons. The van der Waals surface area contributed by atoms with E-state index in [9.17, 15) is 19.2 Å². The highest BCUT2D eigenvalue weighted by atomic mass is 16.6. The van der Waals surface area contributed by atoms with Gasteiger partial charge in [0.25, 0.3) is 11.8 Å². The monoisotopic (exact) mass is 486 g/mol. The van der Waals surface area contributed by atoms with Crippen LogP contribution in [0.4, 0.5) is 10.5 Å². The van der Waals surface area contributed by atoms with E-state index in [1.54, 1.807) is 42.5 Å². The number of urea groups is 1. The van der Waals surface area contributed by atoms with Crippen LogP contribution in [0.2, 0.25) is 0 Å². The van der Waals surface area contributed by atoms with Crippen LogP contribution in [0, 0.1) is 6.92 Å². The van der Waals surface area contributed by atoms with Gasteiger partial charge < -0.3 is 14.2 Å². The lowest BCUT2D eigenvalue weighted by molar-refractivity contribution is -0.122. The van der Waals surface area contributed by atoms with Gasteiger partial charge in [0.2, 0.25) is 0 Å². The topological polar surface area (TPSA) is 111 Å². The van der Waals surface area contributed by atoms with Gasteiger partial charge in [0, 0.05) is 6.07 Å². The van der Waals surface area contributed by atoms with Crippen molar-refractivity contribution in [2.45, 2.75) is 6.92 Å². The Bertz CT molecular complexity index is 1410. The Morgan fingerprint density at radius 2 is 1.67 bits per heavy atom. The SMILES string of the molecule is COc1cccc(N2C(=O)NC(=O)/C(=C\c3ccc(OC(=O)c4cccc(C)c4)c(OC)c3)C2=O)c1. The Morgan fingerprint density at radius 1 is 0.889 bits per heavy atom. The fraction of sp³-hybridized carbons (Fsp3) is 0.111. The molecule has 1 fully saturated rings. The van der Waals surface area contributed by atoms with Gasteiger partial charge in [0.1, 0.15) is 11.3 Å². The number of methoxy groups -OCH3 is 2. The van der Waals surface area contributed by atoms with Gasteiger partial charge in [-0.15, -0.1) is 0 Å². The molecule has 0 bridgehead atoms. The molecule has 1 aliphatic rings. The molecular weight excluding hydrogens is 464 g/mol. The molecule has 0 radical (unpaired) electrons. The van der Waals surface area contributed by atoms with Crippen molar-refractivity contribution < 1.29 is 33.4 Å². The molecule has 36 heavy (non-hydrogen) atoms. The number of aryl methyl sites for hydroxylation is 1. The summed E-state index contributed by atoms with van der Waals surface area (Å²) in [4.78, 5) is 51.5. The first kappa shape index (κ1) is 24.2. The van der Waals surface area contributed by atoms with Crippen LogP contribution in [-0.4, -0.2) is 38.0 Å². The fourth-order valence-electron chi connectivity index (χ4n) is 3.60. The maximum Gasteiger partial charge on any atom is 0.343 e. The predicted molar refractivity (Wildman–Crippen MR) is 131 cm³/mol. The Balaban J connectivity index is 1.63. The number of nitrogens with zero attached hydrogens (tertiary/aromatic N) is 1. The molecule has 9 heteroatoms. The summed E-state index contributed by atoms with van der Waals surface area (Å²) in [7, 11) is 2.86. The van der Waals surface area contributed by atoms with Crippen LogP contribution in [0.1, 0.15) is 21.5 Å². The molecule has 1 saturated heterocycles. The number of barbiturate groups is 1. The van der Waals surface area contributed by atoms with Gasteiger partial charge in [0.15, 0.2) is 11.5 Å². The van der Waals surface area contributed by atoms with Gasteiger partial charge >= 0.3 is 12.0 Å². The van der Waals surface area contributed by atoms with Crippen LogP contribution < -0.4 is 24.4 Å². The minimum atomic E-state index is -0.869. The molecule has 0 aromatic heterocycles. The van der Waals surface area contributed by atoms with Crippen LogP contribution in [0.15, 0.2) is 72.3 Å². The number of esters is 1. The molecule has 9 nitrogen and oxygen atoms in total. The fourth-order valence-corrected chi connectivity index (χ4v) is 3.60. The first-order chi connectivity index (χ1) is 17.3. The van der Waals surface area contributed by atoms with Gasteiger partial charge in [-0.25, -0.2) is 14.5 Å². The summed E-state index contributed by atoms with van der Waals surface area (Å²) in [6.45, 7) is 1.87. The average Bonchev–Trinajstić information content (AvgIpc) is 2.87. The number of carbonyl (C=O) groups is 4. The molecule has 1 aliphatic heterocycles. The summed E-state index contributed by atoms with van der Waals surface area (Å²) >= 11 is 0. The highest BCUT2D eigenvalue weighted by molar-refractivity contribution is 6.39. The van der Waals surface area contributed by atoms with Gasteiger partial charge in [-0.05, 0) is 55.0 Å². The number of hydrogen-bond acceptors (Lipinski definition) is 7. The number of anilines is 1. The molecule has 0 atom stereocenters. The average molecular weight is 486 g/mol. The molecule has 0 saturated carbocycles. The number of imide groups is 2. The standard InChI is InChI=1S/C27H22N2O7/c1-16-6-4-7-18(12-16)26(32)36-22-11-10-17(14-23(22)35-3)13-21-24(30)28-27(33)29(25(21)31)19-8-5-9-20(15-19)34-2/h4-15H,1-3H3,(H,28,30,33)/b21-13+. The number of benzene rings is 3. The molecule has 3 aromatic carbocycles. The Hall–Kier alpha value is -4.92. The Morgan fingerprint density at radius 3 is 2.39 bits per heavy atom. The van der Waals surface area contributed by atoms with Crippen LogP contribution in [-0.2, 0) is 9.59 Å². The summed E-state index contributed by atoms with van der Waals surface area (Å²) in [6.07, 6.45) is 1.33. The zero-order chi connectivity index (χ0) is 25.8. The summed E-state index contributed by atoms with van der Waals surface area (Å²) in [5.41, 5.74) is 1.70. The Labute approximate surface area is 206 Å². The van der Waals surface area contributed by atoms with Crippen LogP contribution in [0.3, 0.4) is 0 Å². The summed E-state index contributed by atoms with van der Waals surface area (Å²) in [5.74, 6) is -1.37. The van der Waals surface area contributed by atoms with Crippen molar-refractivity contribution in [2.75, 3.05) is 19.1 Å². The first-order valence-electron chi connectivity index (χ1n) is 10.8.